The monoisotopic (exact) mass is 262 g/mol. The number of benzene rings is 1. The molecule has 6 nitrogen and oxygen atoms in total. The Bertz CT molecular complexity index is 551. The zero-order chi connectivity index (χ0) is 13.8. The van der Waals surface area contributed by atoms with Crippen LogP contribution < -0.4 is 15.2 Å². The van der Waals surface area contributed by atoms with E-state index in [1.165, 1.54) is 0 Å². The van der Waals surface area contributed by atoms with Gasteiger partial charge in [-0.3, -0.25) is 5.10 Å². The number of methoxy groups -OCH3 is 1. The van der Waals surface area contributed by atoms with Gasteiger partial charge in [-0.2, -0.15) is 5.10 Å². The van der Waals surface area contributed by atoms with Gasteiger partial charge in [-0.05, 0) is 32.0 Å². The number of nitrogens with two attached hydrogens (primary N) is 1. The molecule has 0 spiro atoms. The highest BCUT2D eigenvalue weighted by atomic mass is 16.5. The summed E-state index contributed by atoms with van der Waals surface area (Å²) in [6.07, 6.45) is 0. The minimum Gasteiger partial charge on any atom is -0.493 e. The van der Waals surface area contributed by atoms with Crippen molar-refractivity contribution in [3.63, 3.8) is 0 Å². The number of rotatable bonds is 5. The van der Waals surface area contributed by atoms with E-state index in [-0.39, 0.29) is 6.04 Å². The SMILES string of the molecule is CCOc1cc(-c2n[nH]c([C@H](C)N)n2)ccc1OC. The molecule has 2 rings (SSSR count). The van der Waals surface area contributed by atoms with Crippen LogP contribution in [-0.4, -0.2) is 28.9 Å². The van der Waals surface area contributed by atoms with Crippen molar-refractivity contribution in [1.82, 2.24) is 15.2 Å². The van der Waals surface area contributed by atoms with Crippen molar-refractivity contribution in [1.29, 1.82) is 0 Å². The van der Waals surface area contributed by atoms with Crippen molar-refractivity contribution < 1.29 is 9.47 Å². The number of aromatic nitrogens is 3. The van der Waals surface area contributed by atoms with Crippen LogP contribution in [0.1, 0.15) is 25.7 Å². The third-order valence-corrected chi connectivity index (χ3v) is 2.66. The minimum absolute atomic E-state index is 0.175. The van der Waals surface area contributed by atoms with Gasteiger partial charge in [0.15, 0.2) is 17.3 Å². The summed E-state index contributed by atoms with van der Waals surface area (Å²) in [4.78, 5) is 4.35. The van der Waals surface area contributed by atoms with Gasteiger partial charge in [0.05, 0.1) is 19.8 Å². The number of ether oxygens (including phenoxy) is 2. The molecule has 1 atom stereocenters. The molecule has 0 radical (unpaired) electrons. The fourth-order valence-electron chi connectivity index (χ4n) is 1.69. The summed E-state index contributed by atoms with van der Waals surface area (Å²) in [7, 11) is 1.61. The lowest BCUT2D eigenvalue weighted by Gasteiger charge is -2.09. The van der Waals surface area contributed by atoms with Gasteiger partial charge in [-0.15, -0.1) is 0 Å². The van der Waals surface area contributed by atoms with Crippen LogP contribution in [-0.2, 0) is 0 Å². The van der Waals surface area contributed by atoms with Gasteiger partial charge in [-0.1, -0.05) is 0 Å². The Morgan fingerprint density at radius 3 is 2.74 bits per heavy atom. The van der Waals surface area contributed by atoms with Crippen LogP contribution in [0.5, 0.6) is 11.5 Å². The maximum atomic E-state index is 5.75. The topological polar surface area (TPSA) is 86.0 Å². The molecule has 19 heavy (non-hydrogen) atoms. The third kappa shape index (κ3) is 2.85. The highest BCUT2D eigenvalue weighted by Crippen LogP contribution is 2.31. The number of aromatic amines is 1. The molecule has 0 amide bonds. The first kappa shape index (κ1) is 13.4. The van der Waals surface area contributed by atoms with Crippen molar-refractivity contribution in [2.75, 3.05) is 13.7 Å². The lowest BCUT2D eigenvalue weighted by atomic mass is 10.2. The summed E-state index contributed by atoms with van der Waals surface area (Å²) in [5.74, 6) is 2.61. The first-order chi connectivity index (χ1) is 9.15. The van der Waals surface area contributed by atoms with E-state index in [0.29, 0.717) is 29.8 Å². The standard InChI is InChI=1S/C13H18N4O2/c1-4-19-11-7-9(5-6-10(11)18-3)13-15-12(8(2)14)16-17-13/h5-8H,4,14H2,1-3H3,(H,15,16,17)/t8-/m0/s1. The number of nitrogens with one attached hydrogen (secondary N) is 1. The van der Waals surface area contributed by atoms with Gasteiger partial charge >= 0.3 is 0 Å². The molecule has 1 aromatic heterocycles. The normalized spacial score (nSPS) is 12.2. The van der Waals surface area contributed by atoms with Gasteiger partial charge in [0.25, 0.3) is 0 Å². The molecule has 0 aliphatic carbocycles. The predicted octanol–water partition coefficient (Wildman–Crippen LogP) is 1.90. The van der Waals surface area contributed by atoms with E-state index in [1.807, 2.05) is 32.0 Å². The highest BCUT2D eigenvalue weighted by Gasteiger charge is 2.12. The Morgan fingerprint density at radius 1 is 1.37 bits per heavy atom. The zero-order valence-electron chi connectivity index (χ0n) is 11.3. The molecule has 0 fully saturated rings. The smallest absolute Gasteiger partial charge is 0.181 e. The van der Waals surface area contributed by atoms with Crippen molar-refractivity contribution in [2.45, 2.75) is 19.9 Å². The molecule has 0 unspecified atom stereocenters. The Hall–Kier alpha value is -2.08. The number of hydrogen-bond donors (Lipinski definition) is 2. The largest absolute Gasteiger partial charge is 0.493 e. The lowest BCUT2D eigenvalue weighted by Crippen LogP contribution is -2.06. The first-order valence-electron chi connectivity index (χ1n) is 6.14. The maximum absolute atomic E-state index is 5.75. The molecule has 3 N–H and O–H groups in total. The van der Waals surface area contributed by atoms with E-state index in [0.717, 1.165) is 5.56 Å². The average Bonchev–Trinajstić information content (AvgIpc) is 2.89. The Morgan fingerprint density at radius 2 is 2.16 bits per heavy atom. The fraction of sp³-hybridized carbons (Fsp3) is 0.385. The van der Waals surface area contributed by atoms with Crippen molar-refractivity contribution in [2.24, 2.45) is 5.73 Å². The summed E-state index contributed by atoms with van der Waals surface area (Å²) < 4.78 is 10.8. The molecular weight excluding hydrogens is 244 g/mol. The van der Waals surface area contributed by atoms with Gasteiger partial charge < -0.3 is 15.2 Å². The van der Waals surface area contributed by atoms with Crippen LogP contribution in [0.2, 0.25) is 0 Å². The second kappa shape index (κ2) is 5.71. The minimum atomic E-state index is -0.175. The predicted molar refractivity (Wildman–Crippen MR) is 72.1 cm³/mol. The van der Waals surface area contributed by atoms with Crippen LogP contribution in [0.4, 0.5) is 0 Å². The fourth-order valence-corrected chi connectivity index (χ4v) is 1.69. The second-order valence-electron chi connectivity index (χ2n) is 4.13. The molecule has 0 aliphatic heterocycles. The van der Waals surface area contributed by atoms with E-state index in [2.05, 4.69) is 15.2 Å². The second-order valence-corrected chi connectivity index (χ2v) is 4.13. The molecule has 2 aromatic rings. The molecule has 102 valence electrons. The van der Waals surface area contributed by atoms with E-state index in [4.69, 9.17) is 15.2 Å². The number of H-pyrrole nitrogens is 1. The van der Waals surface area contributed by atoms with Gasteiger partial charge in [0.2, 0.25) is 0 Å². The van der Waals surface area contributed by atoms with Crippen LogP contribution in [0.25, 0.3) is 11.4 Å². The van der Waals surface area contributed by atoms with Gasteiger partial charge in [0.1, 0.15) is 5.82 Å². The summed E-state index contributed by atoms with van der Waals surface area (Å²) >= 11 is 0. The molecule has 0 saturated carbocycles. The molecule has 1 heterocycles. The van der Waals surface area contributed by atoms with E-state index >= 15 is 0 Å². The molecule has 1 aromatic carbocycles. The number of hydrogen-bond acceptors (Lipinski definition) is 5. The average molecular weight is 262 g/mol. The lowest BCUT2D eigenvalue weighted by molar-refractivity contribution is 0.311. The van der Waals surface area contributed by atoms with Gasteiger partial charge in [0, 0.05) is 5.56 Å². The summed E-state index contributed by atoms with van der Waals surface area (Å²) in [5, 5.41) is 6.98. The first-order valence-corrected chi connectivity index (χ1v) is 6.14. The van der Waals surface area contributed by atoms with Crippen LogP contribution in [0.15, 0.2) is 18.2 Å². The van der Waals surface area contributed by atoms with E-state index < -0.39 is 0 Å². The van der Waals surface area contributed by atoms with Crippen molar-refractivity contribution in [3.8, 4) is 22.9 Å². The summed E-state index contributed by atoms with van der Waals surface area (Å²) in [6.45, 7) is 4.34. The van der Waals surface area contributed by atoms with Crippen LogP contribution in [0, 0.1) is 0 Å². The summed E-state index contributed by atoms with van der Waals surface area (Å²) in [5.41, 5.74) is 6.60. The molecular formula is C13H18N4O2. The molecule has 0 saturated heterocycles. The third-order valence-electron chi connectivity index (χ3n) is 2.66. The zero-order valence-corrected chi connectivity index (χ0v) is 11.3. The Labute approximate surface area is 111 Å². The highest BCUT2D eigenvalue weighted by molar-refractivity contribution is 5.60. The molecule has 6 heteroatoms. The maximum Gasteiger partial charge on any atom is 0.181 e. The quantitative estimate of drug-likeness (QED) is 0.859. The van der Waals surface area contributed by atoms with E-state index in [1.54, 1.807) is 7.11 Å². The van der Waals surface area contributed by atoms with Crippen LogP contribution >= 0.6 is 0 Å². The Kier molecular flexibility index (Phi) is 4.01. The number of nitrogens with zero attached hydrogens (tertiary/aromatic N) is 2. The van der Waals surface area contributed by atoms with Crippen molar-refractivity contribution in [3.05, 3.63) is 24.0 Å². The van der Waals surface area contributed by atoms with Crippen molar-refractivity contribution >= 4 is 0 Å². The van der Waals surface area contributed by atoms with Crippen LogP contribution in [0.3, 0.4) is 0 Å². The summed E-state index contributed by atoms with van der Waals surface area (Å²) in [6, 6.07) is 5.40. The molecule has 0 bridgehead atoms. The molecule has 0 aliphatic rings. The Balaban J connectivity index is 2.35. The van der Waals surface area contributed by atoms with Gasteiger partial charge in [-0.25, -0.2) is 4.98 Å². The van der Waals surface area contributed by atoms with E-state index in [9.17, 15) is 0 Å².